The Morgan fingerprint density at radius 3 is 2.46 bits per heavy atom. The summed E-state index contributed by atoms with van der Waals surface area (Å²) < 4.78 is 13.0. The van der Waals surface area contributed by atoms with Gasteiger partial charge in [0.05, 0.1) is 4.88 Å². The Kier molecular flexibility index (Phi) is 4.76. The van der Waals surface area contributed by atoms with Gasteiger partial charge in [-0.2, -0.15) is 0 Å². The fraction of sp³-hybridized carbons (Fsp3) is 0.150. The van der Waals surface area contributed by atoms with E-state index in [4.69, 9.17) is 0 Å². The van der Waals surface area contributed by atoms with Crippen LogP contribution in [0, 0.1) is 12.7 Å². The molecule has 0 spiro atoms. The first kappa shape index (κ1) is 16.4. The Hall–Kier alpha value is -2.46. The van der Waals surface area contributed by atoms with Crippen molar-refractivity contribution in [3.05, 3.63) is 82.5 Å². The molecule has 1 aromatic heterocycles. The van der Waals surface area contributed by atoms with Gasteiger partial charge < -0.3 is 4.90 Å². The zero-order chi connectivity index (χ0) is 17.1. The van der Waals surface area contributed by atoms with Crippen LogP contribution in [0.25, 0.3) is 10.4 Å². The molecule has 2 aromatic carbocycles. The summed E-state index contributed by atoms with van der Waals surface area (Å²) in [5, 5.41) is 0. The van der Waals surface area contributed by atoms with Gasteiger partial charge in [0.1, 0.15) is 5.82 Å². The molecule has 122 valence electrons. The van der Waals surface area contributed by atoms with Crippen molar-refractivity contribution >= 4 is 17.2 Å². The molecule has 24 heavy (non-hydrogen) atoms. The van der Waals surface area contributed by atoms with Crippen molar-refractivity contribution in [3.63, 3.8) is 0 Å². The van der Waals surface area contributed by atoms with E-state index in [1.165, 1.54) is 29.0 Å². The van der Waals surface area contributed by atoms with Gasteiger partial charge in [0.25, 0.3) is 5.91 Å². The van der Waals surface area contributed by atoms with Gasteiger partial charge in [0, 0.05) is 18.5 Å². The predicted molar refractivity (Wildman–Crippen MR) is 96.7 cm³/mol. The summed E-state index contributed by atoms with van der Waals surface area (Å²) in [6.45, 7) is 2.63. The van der Waals surface area contributed by atoms with Crippen molar-refractivity contribution < 1.29 is 9.18 Å². The van der Waals surface area contributed by atoms with Crippen LogP contribution in [-0.2, 0) is 6.54 Å². The lowest BCUT2D eigenvalue weighted by molar-refractivity contribution is 0.0789. The number of thiophene rings is 1. The molecular weight excluding hydrogens is 321 g/mol. The van der Waals surface area contributed by atoms with Crippen LogP contribution in [0.4, 0.5) is 4.39 Å². The highest BCUT2D eigenvalue weighted by atomic mass is 32.1. The number of halogens is 1. The summed E-state index contributed by atoms with van der Waals surface area (Å²) in [5.74, 6) is -0.263. The highest BCUT2D eigenvalue weighted by molar-refractivity contribution is 7.17. The van der Waals surface area contributed by atoms with Gasteiger partial charge in [-0.15, -0.1) is 11.3 Å². The molecule has 0 aliphatic heterocycles. The van der Waals surface area contributed by atoms with E-state index < -0.39 is 0 Å². The highest BCUT2D eigenvalue weighted by Gasteiger charge is 2.15. The first-order valence-electron chi connectivity index (χ1n) is 7.70. The average Bonchev–Trinajstić information content (AvgIpc) is 3.07. The zero-order valence-electron chi connectivity index (χ0n) is 13.6. The fourth-order valence-corrected chi connectivity index (χ4v) is 3.53. The van der Waals surface area contributed by atoms with Crippen molar-refractivity contribution in [1.29, 1.82) is 0 Å². The second kappa shape index (κ2) is 6.97. The standard InChI is InChI=1S/C20H18FNOS/c1-14-5-3-4-6-16(14)13-22(2)20(23)19-12-11-18(24-19)15-7-9-17(21)10-8-15/h3-12H,13H2,1-2H3. The fourth-order valence-electron chi connectivity index (χ4n) is 2.53. The summed E-state index contributed by atoms with van der Waals surface area (Å²) in [4.78, 5) is 16.0. The van der Waals surface area contributed by atoms with Crippen LogP contribution >= 0.6 is 11.3 Å². The quantitative estimate of drug-likeness (QED) is 0.645. The van der Waals surface area contributed by atoms with Crippen LogP contribution in [0.3, 0.4) is 0 Å². The van der Waals surface area contributed by atoms with E-state index >= 15 is 0 Å². The maximum Gasteiger partial charge on any atom is 0.263 e. The number of carbonyl (C=O) groups excluding carboxylic acids is 1. The molecule has 1 heterocycles. The molecule has 0 N–H and O–H groups in total. The van der Waals surface area contributed by atoms with E-state index in [-0.39, 0.29) is 11.7 Å². The van der Waals surface area contributed by atoms with E-state index in [1.807, 2.05) is 50.4 Å². The lowest BCUT2D eigenvalue weighted by atomic mass is 10.1. The summed E-state index contributed by atoms with van der Waals surface area (Å²) in [6, 6.07) is 18.1. The summed E-state index contributed by atoms with van der Waals surface area (Å²) in [6.07, 6.45) is 0. The van der Waals surface area contributed by atoms with Gasteiger partial charge in [0.15, 0.2) is 0 Å². The molecule has 0 saturated heterocycles. The molecule has 3 rings (SSSR count). The number of hydrogen-bond donors (Lipinski definition) is 0. The zero-order valence-corrected chi connectivity index (χ0v) is 14.4. The summed E-state index contributed by atoms with van der Waals surface area (Å²) >= 11 is 1.43. The molecule has 0 bridgehead atoms. The van der Waals surface area contributed by atoms with Gasteiger partial charge in [-0.3, -0.25) is 4.79 Å². The van der Waals surface area contributed by atoms with Crippen LogP contribution in [-0.4, -0.2) is 17.9 Å². The van der Waals surface area contributed by atoms with Crippen molar-refractivity contribution in [2.24, 2.45) is 0 Å². The third-order valence-corrected chi connectivity index (χ3v) is 5.08. The normalized spacial score (nSPS) is 10.6. The number of rotatable bonds is 4. The molecular formula is C20H18FNOS. The Bertz CT molecular complexity index is 854. The molecule has 0 aliphatic carbocycles. The average molecular weight is 339 g/mol. The monoisotopic (exact) mass is 339 g/mol. The van der Waals surface area contributed by atoms with E-state index in [1.54, 1.807) is 17.0 Å². The molecule has 0 aliphatic rings. The minimum absolute atomic E-state index is 0.00313. The van der Waals surface area contributed by atoms with E-state index in [9.17, 15) is 9.18 Å². The molecule has 1 amide bonds. The van der Waals surface area contributed by atoms with Gasteiger partial charge in [-0.1, -0.05) is 36.4 Å². The molecule has 0 atom stereocenters. The maximum absolute atomic E-state index is 13.0. The number of hydrogen-bond acceptors (Lipinski definition) is 2. The lowest BCUT2D eigenvalue weighted by Crippen LogP contribution is -2.25. The minimum Gasteiger partial charge on any atom is -0.337 e. The van der Waals surface area contributed by atoms with Gasteiger partial charge in [-0.05, 0) is 47.9 Å². The number of amides is 1. The van der Waals surface area contributed by atoms with Crippen molar-refractivity contribution in [2.45, 2.75) is 13.5 Å². The van der Waals surface area contributed by atoms with Crippen LogP contribution < -0.4 is 0 Å². The molecule has 0 fully saturated rings. The van der Waals surface area contributed by atoms with Crippen molar-refractivity contribution in [2.75, 3.05) is 7.05 Å². The third kappa shape index (κ3) is 3.54. The number of aryl methyl sites for hydroxylation is 1. The van der Waals surface area contributed by atoms with Crippen LogP contribution in [0.15, 0.2) is 60.7 Å². The second-order valence-corrected chi connectivity index (χ2v) is 6.84. The molecule has 0 radical (unpaired) electrons. The lowest BCUT2D eigenvalue weighted by Gasteiger charge is -2.17. The molecule has 2 nitrogen and oxygen atoms in total. The highest BCUT2D eigenvalue weighted by Crippen LogP contribution is 2.29. The third-order valence-electron chi connectivity index (χ3n) is 3.96. The molecule has 0 unspecified atom stereocenters. The molecule has 4 heteroatoms. The minimum atomic E-state index is -0.260. The van der Waals surface area contributed by atoms with Crippen molar-refractivity contribution in [3.8, 4) is 10.4 Å². The van der Waals surface area contributed by atoms with Gasteiger partial charge in [-0.25, -0.2) is 4.39 Å². The SMILES string of the molecule is Cc1ccccc1CN(C)C(=O)c1ccc(-c2ccc(F)cc2)s1. The molecule has 3 aromatic rings. The van der Waals surface area contributed by atoms with Gasteiger partial charge >= 0.3 is 0 Å². The first-order valence-corrected chi connectivity index (χ1v) is 8.52. The van der Waals surface area contributed by atoms with Crippen LogP contribution in [0.5, 0.6) is 0 Å². The Labute approximate surface area is 145 Å². The molecule has 0 saturated carbocycles. The number of nitrogens with zero attached hydrogens (tertiary/aromatic N) is 1. The first-order chi connectivity index (χ1) is 11.5. The Morgan fingerprint density at radius 2 is 1.75 bits per heavy atom. The summed E-state index contributed by atoms with van der Waals surface area (Å²) in [5.41, 5.74) is 3.24. The van der Waals surface area contributed by atoms with Crippen molar-refractivity contribution in [1.82, 2.24) is 4.90 Å². The largest absolute Gasteiger partial charge is 0.337 e. The smallest absolute Gasteiger partial charge is 0.263 e. The topological polar surface area (TPSA) is 20.3 Å². The van der Waals surface area contributed by atoms with Crippen LogP contribution in [0.1, 0.15) is 20.8 Å². The Balaban J connectivity index is 1.75. The predicted octanol–water partition coefficient (Wildman–Crippen LogP) is 5.13. The van der Waals surface area contributed by atoms with Gasteiger partial charge in [0.2, 0.25) is 0 Å². The van der Waals surface area contributed by atoms with E-state index in [0.717, 1.165) is 16.0 Å². The Morgan fingerprint density at radius 1 is 1.04 bits per heavy atom. The van der Waals surface area contributed by atoms with Crippen LogP contribution in [0.2, 0.25) is 0 Å². The number of benzene rings is 2. The van der Waals surface area contributed by atoms with E-state index in [0.29, 0.717) is 11.4 Å². The number of carbonyl (C=O) groups is 1. The van der Waals surface area contributed by atoms with E-state index in [2.05, 4.69) is 0 Å². The summed E-state index contributed by atoms with van der Waals surface area (Å²) in [7, 11) is 1.81. The second-order valence-electron chi connectivity index (χ2n) is 5.76. The maximum atomic E-state index is 13.0.